The Kier molecular flexibility index (Phi) is 3.44. The van der Waals surface area contributed by atoms with Crippen LogP contribution in [0.2, 0.25) is 0 Å². The molecule has 0 bridgehead atoms. The monoisotopic (exact) mass is 244 g/mol. The summed E-state index contributed by atoms with van der Waals surface area (Å²) in [5.41, 5.74) is 3.53. The molecule has 0 unspecified atom stereocenters. The molecule has 0 amide bonds. The molecule has 86 valence electrons. The van der Waals surface area contributed by atoms with E-state index in [-0.39, 0.29) is 5.78 Å². The van der Waals surface area contributed by atoms with Crippen molar-refractivity contribution in [3.05, 3.63) is 52.0 Å². The Hall–Kier alpha value is -1.81. The van der Waals surface area contributed by atoms with Gasteiger partial charge in [0.25, 0.3) is 0 Å². The van der Waals surface area contributed by atoms with Gasteiger partial charge in [-0.2, -0.15) is 0 Å². The molecule has 2 aromatic rings. The van der Waals surface area contributed by atoms with Crippen LogP contribution in [0.5, 0.6) is 0 Å². The van der Waals surface area contributed by atoms with E-state index in [9.17, 15) is 4.79 Å². The van der Waals surface area contributed by atoms with Crippen molar-refractivity contribution in [3.8, 4) is 0 Å². The second-order valence-corrected chi connectivity index (χ2v) is 4.46. The molecule has 0 spiro atoms. The number of ketones is 1. The number of rotatable bonds is 3. The molecular weight excluding hydrogens is 232 g/mol. The van der Waals surface area contributed by atoms with Gasteiger partial charge in [0.1, 0.15) is 0 Å². The average Bonchev–Trinajstić information content (AvgIpc) is 2.82. The minimum absolute atomic E-state index is 0.000741. The molecule has 2 rings (SSSR count). The molecule has 1 aromatic heterocycles. The van der Waals surface area contributed by atoms with Crippen LogP contribution in [0, 0.1) is 13.8 Å². The standard InChI is InChI=1S/C13H12N2OS/c1-9-3-4-10(2)12(7-9)13(16)6-5-11-8-17-15-14-11/h3-8H,1-2H3/b6-5-. The number of hydrogen-bond acceptors (Lipinski definition) is 4. The quantitative estimate of drug-likeness (QED) is 0.615. The number of allylic oxidation sites excluding steroid dienone is 1. The Balaban J connectivity index is 2.23. The van der Waals surface area contributed by atoms with Crippen LogP contribution in [0.1, 0.15) is 27.2 Å². The molecule has 4 heteroatoms. The van der Waals surface area contributed by atoms with Crippen molar-refractivity contribution in [2.24, 2.45) is 0 Å². The van der Waals surface area contributed by atoms with Crippen LogP contribution in [0.15, 0.2) is 29.7 Å². The van der Waals surface area contributed by atoms with Crippen LogP contribution in [0.4, 0.5) is 0 Å². The fourth-order valence-corrected chi connectivity index (χ4v) is 1.92. The van der Waals surface area contributed by atoms with Crippen molar-refractivity contribution in [2.45, 2.75) is 13.8 Å². The van der Waals surface area contributed by atoms with Gasteiger partial charge in [-0.15, -0.1) is 5.10 Å². The first-order valence-corrected chi connectivity index (χ1v) is 6.07. The Morgan fingerprint density at radius 1 is 1.35 bits per heavy atom. The molecule has 0 aliphatic carbocycles. The van der Waals surface area contributed by atoms with Crippen molar-refractivity contribution in [1.82, 2.24) is 9.59 Å². The Bertz CT molecular complexity index is 559. The summed E-state index contributed by atoms with van der Waals surface area (Å²) in [6, 6.07) is 5.86. The van der Waals surface area contributed by atoms with Gasteiger partial charge < -0.3 is 0 Å². The maximum absolute atomic E-state index is 12.0. The van der Waals surface area contributed by atoms with Gasteiger partial charge in [0.05, 0.1) is 5.69 Å². The van der Waals surface area contributed by atoms with Gasteiger partial charge in [0, 0.05) is 10.9 Å². The largest absolute Gasteiger partial charge is 0.289 e. The van der Waals surface area contributed by atoms with E-state index in [0.29, 0.717) is 5.69 Å². The molecule has 0 radical (unpaired) electrons. The lowest BCUT2D eigenvalue weighted by Gasteiger charge is -2.02. The second-order valence-electron chi connectivity index (χ2n) is 3.85. The summed E-state index contributed by atoms with van der Waals surface area (Å²) in [5.74, 6) is -0.000741. The van der Waals surface area contributed by atoms with E-state index in [4.69, 9.17) is 0 Å². The molecule has 0 aliphatic heterocycles. The average molecular weight is 244 g/mol. The Labute approximate surface area is 104 Å². The lowest BCUT2D eigenvalue weighted by molar-refractivity contribution is 0.104. The maximum Gasteiger partial charge on any atom is 0.186 e. The summed E-state index contributed by atoms with van der Waals surface area (Å²) in [5, 5.41) is 5.65. The second kappa shape index (κ2) is 5.01. The Morgan fingerprint density at radius 3 is 2.88 bits per heavy atom. The van der Waals surface area contributed by atoms with Gasteiger partial charge in [-0.1, -0.05) is 22.2 Å². The molecule has 0 fully saturated rings. The predicted molar refractivity (Wildman–Crippen MR) is 69.2 cm³/mol. The third-order valence-corrected chi connectivity index (χ3v) is 2.96. The van der Waals surface area contributed by atoms with E-state index in [1.165, 1.54) is 11.5 Å². The zero-order chi connectivity index (χ0) is 12.3. The third-order valence-electron chi connectivity index (χ3n) is 2.44. The lowest BCUT2D eigenvalue weighted by Crippen LogP contribution is -1.98. The number of carbonyl (C=O) groups is 1. The van der Waals surface area contributed by atoms with Crippen molar-refractivity contribution in [3.63, 3.8) is 0 Å². The highest BCUT2D eigenvalue weighted by Crippen LogP contribution is 2.12. The summed E-state index contributed by atoms with van der Waals surface area (Å²) in [6.07, 6.45) is 3.23. The predicted octanol–water partition coefficient (Wildman–Crippen LogP) is 3.05. The number of hydrogen-bond donors (Lipinski definition) is 0. The summed E-state index contributed by atoms with van der Waals surface area (Å²) >= 11 is 1.27. The first-order valence-electron chi connectivity index (χ1n) is 5.23. The fraction of sp³-hybridized carbons (Fsp3) is 0.154. The zero-order valence-corrected chi connectivity index (χ0v) is 10.5. The molecule has 17 heavy (non-hydrogen) atoms. The van der Waals surface area contributed by atoms with E-state index in [2.05, 4.69) is 9.59 Å². The zero-order valence-electron chi connectivity index (χ0n) is 9.68. The topological polar surface area (TPSA) is 42.9 Å². The summed E-state index contributed by atoms with van der Waals surface area (Å²) in [7, 11) is 0. The van der Waals surface area contributed by atoms with Gasteiger partial charge in [-0.3, -0.25) is 4.79 Å². The molecule has 0 atom stereocenters. The molecule has 1 heterocycles. The molecule has 0 N–H and O–H groups in total. The van der Waals surface area contributed by atoms with Crippen LogP contribution in [0.3, 0.4) is 0 Å². The normalized spacial score (nSPS) is 10.9. The summed E-state index contributed by atoms with van der Waals surface area (Å²) < 4.78 is 3.73. The molecule has 1 aromatic carbocycles. The van der Waals surface area contributed by atoms with Crippen molar-refractivity contribution >= 4 is 23.4 Å². The molecule has 0 saturated heterocycles. The number of aromatic nitrogens is 2. The van der Waals surface area contributed by atoms with Crippen molar-refractivity contribution in [2.75, 3.05) is 0 Å². The first kappa shape index (κ1) is 11.7. The van der Waals surface area contributed by atoms with Gasteiger partial charge in [-0.05, 0) is 49.2 Å². The lowest BCUT2D eigenvalue weighted by atomic mass is 10.0. The van der Waals surface area contributed by atoms with Crippen LogP contribution in [-0.4, -0.2) is 15.4 Å². The third kappa shape index (κ3) is 2.85. The highest BCUT2D eigenvalue weighted by Gasteiger charge is 2.05. The number of carbonyl (C=O) groups excluding carboxylic acids is 1. The SMILES string of the molecule is Cc1ccc(C)c(C(=O)/C=C\c2csnn2)c1. The van der Waals surface area contributed by atoms with E-state index in [0.717, 1.165) is 16.7 Å². The fourth-order valence-electron chi connectivity index (χ4n) is 1.50. The molecule has 0 aliphatic rings. The first-order chi connectivity index (χ1) is 8.16. The molecule has 0 saturated carbocycles. The van der Waals surface area contributed by atoms with Gasteiger partial charge in [-0.25, -0.2) is 0 Å². The van der Waals surface area contributed by atoms with Crippen molar-refractivity contribution in [1.29, 1.82) is 0 Å². The van der Waals surface area contributed by atoms with E-state index in [1.807, 2.05) is 32.0 Å². The van der Waals surface area contributed by atoms with Crippen molar-refractivity contribution < 1.29 is 4.79 Å². The van der Waals surface area contributed by atoms with Gasteiger partial charge in [0.2, 0.25) is 0 Å². The number of aryl methyl sites for hydroxylation is 2. The summed E-state index contributed by atoms with van der Waals surface area (Å²) in [6.45, 7) is 3.91. The van der Waals surface area contributed by atoms with Gasteiger partial charge >= 0.3 is 0 Å². The minimum atomic E-state index is -0.000741. The van der Waals surface area contributed by atoms with E-state index in [1.54, 1.807) is 17.5 Å². The molecule has 3 nitrogen and oxygen atoms in total. The smallest absolute Gasteiger partial charge is 0.186 e. The highest BCUT2D eigenvalue weighted by atomic mass is 32.1. The van der Waals surface area contributed by atoms with Crippen LogP contribution in [-0.2, 0) is 0 Å². The van der Waals surface area contributed by atoms with E-state index < -0.39 is 0 Å². The van der Waals surface area contributed by atoms with Crippen LogP contribution < -0.4 is 0 Å². The number of benzene rings is 1. The Morgan fingerprint density at radius 2 is 2.18 bits per heavy atom. The number of nitrogens with zero attached hydrogens (tertiary/aromatic N) is 2. The maximum atomic E-state index is 12.0. The van der Waals surface area contributed by atoms with Gasteiger partial charge in [0.15, 0.2) is 5.78 Å². The van der Waals surface area contributed by atoms with Crippen LogP contribution in [0.25, 0.3) is 6.08 Å². The minimum Gasteiger partial charge on any atom is -0.289 e. The molecular formula is C13H12N2OS. The van der Waals surface area contributed by atoms with E-state index >= 15 is 0 Å². The highest BCUT2D eigenvalue weighted by molar-refractivity contribution is 7.03. The van der Waals surface area contributed by atoms with Crippen LogP contribution >= 0.6 is 11.5 Å². The summed E-state index contributed by atoms with van der Waals surface area (Å²) in [4.78, 5) is 12.0.